The molecule has 1 aromatic heterocycles. The van der Waals surface area contributed by atoms with Crippen LogP contribution in [0.25, 0.3) is 0 Å². The van der Waals surface area contributed by atoms with Crippen LogP contribution in [0.5, 0.6) is 5.75 Å². The molecule has 3 rings (SSSR count). The van der Waals surface area contributed by atoms with Crippen LogP contribution >= 0.6 is 0 Å². The van der Waals surface area contributed by atoms with Crippen molar-refractivity contribution in [3.63, 3.8) is 0 Å². The Hall–Kier alpha value is -2.60. The number of aromatic nitrogens is 1. The van der Waals surface area contributed by atoms with Gasteiger partial charge in [-0.2, -0.15) is 0 Å². The fraction of sp³-hybridized carbons (Fsp3) is 0.455. The van der Waals surface area contributed by atoms with Crippen molar-refractivity contribution in [2.75, 3.05) is 36.5 Å². The molecule has 1 amide bonds. The Bertz CT molecular complexity index is 799. The maximum absolute atomic E-state index is 12.5. The summed E-state index contributed by atoms with van der Waals surface area (Å²) in [6.45, 7) is 11.2. The maximum Gasteiger partial charge on any atom is 0.265 e. The number of rotatable bonds is 6. The topological polar surface area (TPSA) is 63.7 Å². The van der Waals surface area contributed by atoms with Crippen LogP contribution < -0.4 is 15.0 Å². The first kappa shape index (κ1) is 20.1. The zero-order chi connectivity index (χ0) is 20.1. The Kier molecular flexibility index (Phi) is 6.52. The van der Waals surface area contributed by atoms with E-state index >= 15 is 0 Å². The highest BCUT2D eigenvalue weighted by Gasteiger charge is 2.17. The van der Waals surface area contributed by atoms with E-state index in [-0.39, 0.29) is 5.91 Å². The number of anilines is 2. The molecular weight excluding hydrogens is 354 g/mol. The van der Waals surface area contributed by atoms with Gasteiger partial charge in [-0.05, 0) is 55.2 Å². The molecule has 6 heteroatoms. The quantitative estimate of drug-likeness (QED) is 0.823. The van der Waals surface area contributed by atoms with Crippen molar-refractivity contribution in [3.8, 4) is 5.75 Å². The molecule has 0 radical (unpaired) electrons. The lowest BCUT2D eigenvalue weighted by atomic mass is 9.98. The van der Waals surface area contributed by atoms with Crippen molar-refractivity contribution in [1.82, 2.24) is 4.98 Å². The van der Waals surface area contributed by atoms with Crippen LogP contribution in [0.4, 0.5) is 11.5 Å². The second kappa shape index (κ2) is 9.06. The minimum atomic E-state index is -0.608. The number of aryl methyl sites for hydroxylation is 1. The van der Waals surface area contributed by atoms with Crippen molar-refractivity contribution in [3.05, 3.63) is 47.7 Å². The molecule has 6 nitrogen and oxygen atoms in total. The zero-order valence-electron chi connectivity index (χ0n) is 17.1. The van der Waals surface area contributed by atoms with Gasteiger partial charge in [0.2, 0.25) is 0 Å². The smallest absolute Gasteiger partial charge is 0.265 e. The van der Waals surface area contributed by atoms with Crippen LogP contribution in [0.15, 0.2) is 36.5 Å². The van der Waals surface area contributed by atoms with E-state index in [9.17, 15) is 4.79 Å². The predicted octanol–water partition coefficient (Wildman–Crippen LogP) is 3.76. The summed E-state index contributed by atoms with van der Waals surface area (Å²) < 4.78 is 11.2. The van der Waals surface area contributed by atoms with Crippen molar-refractivity contribution in [2.45, 2.75) is 39.7 Å². The normalized spacial score (nSPS) is 15.4. The Balaban J connectivity index is 1.57. The second-order valence-corrected chi connectivity index (χ2v) is 7.43. The van der Waals surface area contributed by atoms with Crippen LogP contribution in [-0.4, -0.2) is 43.3 Å². The Morgan fingerprint density at radius 2 is 1.93 bits per heavy atom. The molecule has 0 saturated carbocycles. The van der Waals surface area contributed by atoms with E-state index in [1.54, 1.807) is 13.1 Å². The Labute approximate surface area is 166 Å². The summed E-state index contributed by atoms with van der Waals surface area (Å²) in [4.78, 5) is 19.1. The molecule has 0 bridgehead atoms. The number of benzene rings is 1. The molecule has 2 heterocycles. The molecule has 1 aliphatic heterocycles. The van der Waals surface area contributed by atoms with Gasteiger partial charge in [0.1, 0.15) is 11.6 Å². The number of hydrogen-bond donors (Lipinski definition) is 1. The number of hydrogen-bond acceptors (Lipinski definition) is 5. The van der Waals surface area contributed by atoms with E-state index in [2.05, 4.69) is 42.0 Å². The molecule has 1 aromatic carbocycles. The lowest BCUT2D eigenvalue weighted by Gasteiger charge is -2.27. The molecule has 1 N–H and O–H groups in total. The summed E-state index contributed by atoms with van der Waals surface area (Å²) >= 11 is 0. The van der Waals surface area contributed by atoms with Gasteiger partial charge in [-0.15, -0.1) is 0 Å². The van der Waals surface area contributed by atoms with Crippen LogP contribution in [-0.2, 0) is 9.53 Å². The van der Waals surface area contributed by atoms with Gasteiger partial charge >= 0.3 is 0 Å². The molecular formula is C22H29N3O3. The number of ether oxygens (including phenoxy) is 2. The summed E-state index contributed by atoms with van der Waals surface area (Å²) in [6.07, 6.45) is 1.07. The molecule has 1 fully saturated rings. The van der Waals surface area contributed by atoms with Gasteiger partial charge in [-0.1, -0.05) is 19.9 Å². The van der Waals surface area contributed by atoms with Crippen molar-refractivity contribution in [2.24, 2.45) is 0 Å². The van der Waals surface area contributed by atoms with Gasteiger partial charge in [-0.25, -0.2) is 4.98 Å². The highest BCUT2D eigenvalue weighted by atomic mass is 16.5. The predicted molar refractivity (Wildman–Crippen MR) is 111 cm³/mol. The summed E-state index contributed by atoms with van der Waals surface area (Å²) in [5, 5.41) is 2.87. The molecule has 0 spiro atoms. The maximum atomic E-state index is 12.5. The Morgan fingerprint density at radius 3 is 2.54 bits per heavy atom. The number of nitrogens with zero attached hydrogens (tertiary/aromatic N) is 2. The summed E-state index contributed by atoms with van der Waals surface area (Å²) in [5.41, 5.74) is 3.11. The van der Waals surface area contributed by atoms with Gasteiger partial charge in [0.15, 0.2) is 6.10 Å². The fourth-order valence-electron chi connectivity index (χ4n) is 3.31. The third-order valence-electron chi connectivity index (χ3n) is 4.90. The van der Waals surface area contributed by atoms with Gasteiger partial charge < -0.3 is 19.7 Å². The van der Waals surface area contributed by atoms with E-state index in [0.717, 1.165) is 18.9 Å². The molecule has 0 aliphatic carbocycles. The van der Waals surface area contributed by atoms with E-state index < -0.39 is 6.10 Å². The molecule has 1 unspecified atom stereocenters. The van der Waals surface area contributed by atoms with Crippen molar-refractivity contribution in [1.29, 1.82) is 0 Å². The van der Waals surface area contributed by atoms with Crippen LogP contribution in [0.3, 0.4) is 0 Å². The van der Waals surface area contributed by atoms with Crippen LogP contribution in [0, 0.1) is 6.92 Å². The van der Waals surface area contributed by atoms with E-state index in [4.69, 9.17) is 9.47 Å². The third-order valence-corrected chi connectivity index (χ3v) is 4.90. The summed E-state index contributed by atoms with van der Waals surface area (Å²) in [7, 11) is 0. The zero-order valence-corrected chi connectivity index (χ0v) is 17.1. The van der Waals surface area contributed by atoms with Gasteiger partial charge in [0, 0.05) is 13.1 Å². The number of nitrogens with one attached hydrogen (secondary N) is 1. The first-order valence-corrected chi connectivity index (χ1v) is 9.81. The van der Waals surface area contributed by atoms with Crippen LogP contribution in [0.1, 0.15) is 37.8 Å². The molecule has 1 atom stereocenters. The first-order valence-electron chi connectivity index (χ1n) is 9.81. The summed E-state index contributed by atoms with van der Waals surface area (Å²) in [6, 6.07) is 9.75. The molecule has 1 aliphatic rings. The number of carbonyl (C=O) groups is 1. The molecule has 150 valence electrons. The minimum absolute atomic E-state index is 0.202. The number of amides is 1. The SMILES string of the molecule is Cc1cc(OC(C)C(=O)Nc2ccc(N3CCOCC3)nc2)ccc1C(C)C. The highest BCUT2D eigenvalue weighted by Crippen LogP contribution is 2.24. The molecule has 1 saturated heterocycles. The van der Waals surface area contributed by atoms with Crippen molar-refractivity contribution >= 4 is 17.4 Å². The van der Waals surface area contributed by atoms with E-state index in [0.29, 0.717) is 30.6 Å². The minimum Gasteiger partial charge on any atom is -0.481 e. The summed E-state index contributed by atoms with van der Waals surface area (Å²) in [5.74, 6) is 1.85. The second-order valence-electron chi connectivity index (χ2n) is 7.43. The highest BCUT2D eigenvalue weighted by molar-refractivity contribution is 5.94. The van der Waals surface area contributed by atoms with Gasteiger partial charge in [-0.3, -0.25) is 4.79 Å². The lowest BCUT2D eigenvalue weighted by molar-refractivity contribution is -0.122. The van der Waals surface area contributed by atoms with Gasteiger partial charge in [0.05, 0.1) is 25.1 Å². The van der Waals surface area contributed by atoms with Crippen molar-refractivity contribution < 1.29 is 14.3 Å². The standard InChI is InChI=1S/C22H29N3O3/c1-15(2)20-7-6-19(13-16(20)3)28-17(4)22(26)24-18-5-8-21(23-14-18)25-9-11-27-12-10-25/h5-8,13-15,17H,9-12H2,1-4H3,(H,24,26). The third kappa shape index (κ3) is 5.01. The molecule has 28 heavy (non-hydrogen) atoms. The number of morpholine rings is 1. The lowest BCUT2D eigenvalue weighted by Crippen LogP contribution is -2.36. The average molecular weight is 383 g/mol. The molecule has 2 aromatic rings. The monoisotopic (exact) mass is 383 g/mol. The number of carbonyl (C=O) groups excluding carboxylic acids is 1. The first-order chi connectivity index (χ1) is 13.4. The fourth-order valence-corrected chi connectivity index (χ4v) is 3.31. The van der Waals surface area contributed by atoms with Gasteiger partial charge in [0.25, 0.3) is 5.91 Å². The number of pyridine rings is 1. The van der Waals surface area contributed by atoms with E-state index in [1.807, 2.05) is 24.3 Å². The van der Waals surface area contributed by atoms with Crippen LogP contribution in [0.2, 0.25) is 0 Å². The average Bonchev–Trinajstić information content (AvgIpc) is 2.69. The Morgan fingerprint density at radius 1 is 1.18 bits per heavy atom. The largest absolute Gasteiger partial charge is 0.481 e. The van der Waals surface area contributed by atoms with E-state index in [1.165, 1.54) is 11.1 Å².